The van der Waals surface area contributed by atoms with Crippen LogP contribution in [0.4, 0.5) is 0 Å². The standard InChI is InChI=1S/Mn.H2OSi.O/c;1-2;/h;2H2;. The molecule has 0 N–H and O–H groups in total. The van der Waals surface area contributed by atoms with Gasteiger partial charge in [0, 0.05) is 0 Å². The first kappa shape index (κ1) is 8.84. The molecule has 2 nitrogen and oxygen atoms in total. The summed E-state index contributed by atoms with van der Waals surface area (Å²) in [5.41, 5.74) is 0. The molecule has 0 bridgehead atoms. The van der Waals surface area contributed by atoms with Gasteiger partial charge in [-0.05, 0) is 0 Å². The Morgan fingerprint density at radius 2 is 1.25 bits per heavy atom. The van der Waals surface area contributed by atoms with Crippen molar-refractivity contribution in [3.63, 3.8) is 0 Å². The van der Waals surface area contributed by atoms with Gasteiger partial charge in [0.15, 0.2) is 0 Å². The van der Waals surface area contributed by atoms with Gasteiger partial charge in [-0.15, -0.1) is 0 Å². The molecule has 4 heteroatoms. The molecule has 0 aliphatic carbocycles. The minimum atomic E-state index is 0.611. The summed E-state index contributed by atoms with van der Waals surface area (Å²) in [5, 5.41) is 0. The van der Waals surface area contributed by atoms with Crippen LogP contribution in [-0.4, -0.2) is 10.1 Å². The van der Waals surface area contributed by atoms with Crippen LogP contribution in [0.5, 0.6) is 0 Å². The molecule has 0 rings (SSSR count). The number of rotatable bonds is 0. The first-order valence-electron chi connectivity index (χ1n) is 0.443. The van der Waals surface area contributed by atoms with E-state index in [0.29, 0.717) is 10.1 Å². The first-order chi connectivity index (χ1) is 2.00. The Hall–Kier alpha value is 0.336. The average molecular weight is 117 g/mol. The van der Waals surface area contributed by atoms with Gasteiger partial charge >= 0.3 is 19.8 Å². The molecule has 0 aromatic rings. The molecule has 0 saturated heterocycles. The summed E-state index contributed by atoms with van der Waals surface area (Å²) >= 11 is 1.69. The molecule has 0 spiro atoms. The summed E-state index contributed by atoms with van der Waals surface area (Å²) < 4.78 is 16.3. The van der Waals surface area contributed by atoms with Crippen molar-refractivity contribution in [2.45, 2.75) is 0 Å². The van der Waals surface area contributed by atoms with E-state index in [2.05, 4.69) is 0 Å². The SMILES string of the molecule is O=[SiH2].[O]=[Mn]. The van der Waals surface area contributed by atoms with Gasteiger partial charge < -0.3 is 4.46 Å². The van der Waals surface area contributed by atoms with Gasteiger partial charge in [0.05, 0.1) is 0 Å². The van der Waals surface area contributed by atoms with Crippen LogP contribution in [0.15, 0.2) is 0 Å². The van der Waals surface area contributed by atoms with Crippen molar-refractivity contribution < 1.29 is 24.2 Å². The molecule has 0 unspecified atom stereocenters. The van der Waals surface area contributed by atoms with Crippen molar-refractivity contribution in [1.29, 1.82) is 0 Å². The molecule has 0 amide bonds. The van der Waals surface area contributed by atoms with Crippen molar-refractivity contribution >= 4 is 10.1 Å². The maximum atomic E-state index is 8.28. The van der Waals surface area contributed by atoms with E-state index in [1.807, 2.05) is 0 Å². The Morgan fingerprint density at radius 1 is 1.25 bits per heavy atom. The quantitative estimate of drug-likeness (QED) is 0.375. The van der Waals surface area contributed by atoms with E-state index in [0.717, 1.165) is 0 Å². The van der Waals surface area contributed by atoms with Crippen molar-refractivity contribution in [1.82, 2.24) is 0 Å². The summed E-state index contributed by atoms with van der Waals surface area (Å²) in [4.78, 5) is 0. The van der Waals surface area contributed by atoms with E-state index in [9.17, 15) is 0 Å². The normalized spacial score (nSPS) is 2.00. The molecule has 0 saturated carbocycles. The summed E-state index contributed by atoms with van der Waals surface area (Å²) in [6.07, 6.45) is 0. The van der Waals surface area contributed by atoms with E-state index in [1.54, 1.807) is 15.9 Å². The van der Waals surface area contributed by atoms with Gasteiger partial charge in [-0.3, -0.25) is 0 Å². The van der Waals surface area contributed by atoms with Crippen LogP contribution in [0.3, 0.4) is 0 Å². The van der Waals surface area contributed by atoms with Gasteiger partial charge in [-0.1, -0.05) is 0 Å². The second-order valence-electron chi connectivity index (χ2n) is 0. The van der Waals surface area contributed by atoms with Gasteiger partial charge in [-0.2, -0.15) is 0 Å². The van der Waals surface area contributed by atoms with Gasteiger partial charge in [0.25, 0.3) is 0 Å². The maximum absolute atomic E-state index is 8.28. The van der Waals surface area contributed by atoms with Gasteiger partial charge in [0.2, 0.25) is 10.1 Å². The Morgan fingerprint density at radius 3 is 1.25 bits per heavy atom. The molecule has 0 aliphatic rings. The third-order valence-corrected chi connectivity index (χ3v) is 0. The molecule has 0 fully saturated rings. The predicted octanol–water partition coefficient (Wildman–Crippen LogP) is -1.16. The zero-order valence-corrected chi connectivity index (χ0v) is 4.50. The Labute approximate surface area is 35.1 Å². The Bertz CT molecular complexity index is 8.00. The molecule has 4 heavy (non-hydrogen) atoms. The Balaban J connectivity index is 0. The van der Waals surface area contributed by atoms with Crippen LogP contribution in [0.25, 0.3) is 0 Å². The summed E-state index contributed by atoms with van der Waals surface area (Å²) in [6.45, 7) is 0. The molecular weight excluding hydrogens is 115 g/mol. The summed E-state index contributed by atoms with van der Waals surface area (Å²) in [7, 11) is 0.611. The fourth-order valence-electron chi connectivity index (χ4n) is 0. The van der Waals surface area contributed by atoms with E-state index < -0.39 is 0 Å². The summed E-state index contributed by atoms with van der Waals surface area (Å²) in [6, 6.07) is 0. The van der Waals surface area contributed by atoms with Crippen LogP contribution in [0.2, 0.25) is 0 Å². The van der Waals surface area contributed by atoms with Crippen LogP contribution in [0, 0.1) is 0 Å². The predicted molar refractivity (Wildman–Crippen MR) is 9.92 cm³/mol. The molecule has 0 aliphatic heterocycles. The molecule has 0 aromatic heterocycles. The zero-order valence-electron chi connectivity index (χ0n) is 1.90. The average Bonchev–Trinajstić information content (AvgIpc) is 1.50. The van der Waals surface area contributed by atoms with Gasteiger partial charge in [-0.25, -0.2) is 0 Å². The van der Waals surface area contributed by atoms with Crippen LogP contribution < -0.4 is 0 Å². The van der Waals surface area contributed by atoms with Crippen molar-refractivity contribution in [2.75, 3.05) is 0 Å². The summed E-state index contributed by atoms with van der Waals surface area (Å²) in [5.74, 6) is 0. The molecule has 0 aromatic carbocycles. The second-order valence-corrected chi connectivity index (χ2v) is 0. The zero-order chi connectivity index (χ0) is 4.00. The second kappa shape index (κ2) is 161. The molecular formula is H2MnO2Si. The molecule has 0 radical (unpaired) electrons. The minimum absolute atomic E-state index is 0.611. The monoisotopic (exact) mass is 117 g/mol. The van der Waals surface area contributed by atoms with Crippen LogP contribution >= 0.6 is 0 Å². The third kappa shape index (κ3) is 36.9. The van der Waals surface area contributed by atoms with Crippen LogP contribution in [0.1, 0.15) is 0 Å². The Kier molecular flexibility index (Phi) is 356. The molecule has 25 valence electrons. The molecule has 0 atom stereocenters. The van der Waals surface area contributed by atoms with Gasteiger partial charge in [0.1, 0.15) is 0 Å². The third-order valence-electron chi connectivity index (χ3n) is 0. The van der Waals surface area contributed by atoms with E-state index >= 15 is 0 Å². The topological polar surface area (TPSA) is 34.1 Å². The van der Waals surface area contributed by atoms with Crippen molar-refractivity contribution in [3.05, 3.63) is 0 Å². The van der Waals surface area contributed by atoms with Crippen LogP contribution in [-0.2, 0) is 24.2 Å². The van der Waals surface area contributed by atoms with E-state index in [4.69, 9.17) is 8.30 Å². The molecule has 0 heterocycles. The fourth-order valence-corrected chi connectivity index (χ4v) is 0. The fraction of sp³-hybridized carbons (Fsp3) is 0. The number of hydrogen-bond donors (Lipinski definition) is 0. The van der Waals surface area contributed by atoms with Crippen molar-refractivity contribution in [2.24, 2.45) is 0 Å². The van der Waals surface area contributed by atoms with Crippen molar-refractivity contribution in [3.8, 4) is 0 Å². The first-order valence-corrected chi connectivity index (χ1v) is 1.50. The van der Waals surface area contributed by atoms with E-state index in [-0.39, 0.29) is 0 Å². The van der Waals surface area contributed by atoms with E-state index in [1.165, 1.54) is 0 Å². The number of hydrogen-bond acceptors (Lipinski definition) is 2.